The van der Waals surface area contributed by atoms with E-state index >= 15 is 0 Å². The maximum atomic E-state index is 14.9. The Morgan fingerprint density at radius 1 is 1.16 bits per heavy atom. The molecule has 0 saturated heterocycles. The van der Waals surface area contributed by atoms with Crippen molar-refractivity contribution in [2.45, 2.75) is 13.0 Å². The molecule has 2 rings (SSSR count). The fourth-order valence-corrected chi connectivity index (χ4v) is 3.75. The molecule has 1 amide bonds. The third kappa shape index (κ3) is 7.37. The van der Waals surface area contributed by atoms with Gasteiger partial charge >= 0.3 is 5.97 Å². The van der Waals surface area contributed by atoms with Crippen molar-refractivity contribution in [3.8, 4) is 0 Å². The van der Waals surface area contributed by atoms with Crippen LogP contribution >= 0.6 is 20.7 Å². The number of methoxy groups -OCH3 is 1. The quantitative estimate of drug-likeness (QED) is 0.131. The van der Waals surface area contributed by atoms with E-state index in [1.165, 1.54) is 17.2 Å². The van der Waals surface area contributed by atoms with Crippen LogP contribution in [0.2, 0.25) is 0 Å². The van der Waals surface area contributed by atoms with Crippen LogP contribution in [0.4, 0.5) is 18.9 Å². The average molecular weight is 571 g/mol. The summed E-state index contributed by atoms with van der Waals surface area (Å²) in [5.41, 5.74) is 2.99. The molecule has 1 aliphatic rings. The number of rotatable bonds is 12. The van der Waals surface area contributed by atoms with E-state index in [0.29, 0.717) is 0 Å². The Morgan fingerprint density at radius 3 is 2.62 bits per heavy atom. The highest BCUT2D eigenvalue weighted by Gasteiger charge is 2.24. The number of benzene rings is 1. The molecule has 1 aromatic rings. The van der Waals surface area contributed by atoms with E-state index in [9.17, 15) is 22.8 Å². The number of hydrogen-bond donors (Lipinski definition) is 4. The zero-order valence-corrected chi connectivity index (χ0v) is 19.0. The van der Waals surface area contributed by atoms with Gasteiger partial charge in [0.05, 0.1) is 50.3 Å². The molecule has 1 aliphatic heterocycles. The molecule has 1 heterocycles. The summed E-state index contributed by atoms with van der Waals surface area (Å²) in [6.45, 7) is -1.06. The molecule has 0 spiro atoms. The standard InChI is InChI=1S/C19H21F3IN3O6/c1-30-15(28)3-6-31-24-10-11-8-12(19(29)26-32-7-5-27)18(17(22)16(11)21)25-14-2-4-23-9-13(14)20/h2,4,8-9,24-25,27H,3,5-7,10H2,1H3,(H,26,29). The van der Waals surface area contributed by atoms with Crippen molar-refractivity contribution in [2.24, 2.45) is 0 Å². The first kappa shape index (κ1) is 25.9. The van der Waals surface area contributed by atoms with Crippen LogP contribution in [0, 0.1) is 11.6 Å². The number of hydroxylamine groups is 2. The number of allylic oxidation sites excluding steroid dienone is 2. The number of nitrogens with one attached hydrogen (secondary N) is 3. The van der Waals surface area contributed by atoms with Gasteiger partial charge in [-0.25, -0.2) is 18.7 Å². The van der Waals surface area contributed by atoms with Gasteiger partial charge in [-0.1, -0.05) is 20.7 Å². The van der Waals surface area contributed by atoms with Gasteiger partial charge in [-0.05, 0) is 16.2 Å². The van der Waals surface area contributed by atoms with E-state index in [1.807, 2.05) is 5.48 Å². The Kier molecular flexibility index (Phi) is 10.8. The molecule has 1 aromatic carbocycles. The van der Waals surface area contributed by atoms with Crippen LogP contribution < -0.4 is 16.3 Å². The molecule has 0 fully saturated rings. The summed E-state index contributed by atoms with van der Waals surface area (Å²) in [7, 11) is 1.21. The van der Waals surface area contributed by atoms with Gasteiger partial charge in [0.1, 0.15) is 0 Å². The minimum atomic E-state index is -1.42. The minimum absolute atomic E-state index is 0.0630. The van der Waals surface area contributed by atoms with Gasteiger partial charge in [0.2, 0.25) is 0 Å². The van der Waals surface area contributed by atoms with Crippen LogP contribution in [0.5, 0.6) is 0 Å². The lowest BCUT2D eigenvalue weighted by Gasteiger charge is -2.17. The number of carbonyl (C=O) groups excluding carboxylic acids is 2. The van der Waals surface area contributed by atoms with Crippen molar-refractivity contribution in [3.63, 3.8) is 0 Å². The number of amides is 1. The molecule has 32 heavy (non-hydrogen) atoms. The number of anilines is 1. The van der Waals surface area contributed by atoms with Crippen molar-refractivity contribution in [1.82, 2.24) is 11.0 Å². The lowest BCUT2D eigenvalue weighted by atomic mass is 10.1. The van der Waals surface area contributed by atoms with E-state index < -0.39 is 55.8 Å². The van der Waals surface area contributed by atoms with Crippen LogP contribution in [0.1, 0.15) is 22.3 Å². The molecule has 0 radical (unpaired) electrons. The van der Waals surface area contributed by atoms with E-state index in [1.54, 1.807) is 4.08 Å². The predicted octanol–water partition coefficient (Wildman–Crippen LogP) is 2.10. The lowest BCUT2D eigenvalue weighted by molar-refractivity contribution is -0.142. The van der Waals surface area contributed by atoms with Gasteiger partial charge in [0.15, 0.2) is 17.5 Å². The van der Waals surface area contributed by atoms with Crippen LogP contribution in [0.15, 0.2) is 27.7 Å². The molecule has 13 heteroatoms. The summed E-state index contributed by atoms with van der Waals surface area (Å²) in [6.07, 6.45) is 1.32. The monoisotopic (exact) mass is 571 g/mol. The topological polar surface area (TPSA) is 118 Å². The number of ether oxygens (including phenoxy) is 1. The maximum absolute atomic E-state index is 14.9. The molecule has 0 saturated carbocycles. The highest BCUT2D eigenvalue weighted by atomic mass is 127. The first-order chi connectivity index (χ1) is 15.4. The second-order valence-electron chi connectivity index (χ2n) is 6.00. The van der Waals surface area contributed by atoms with E-state index in [0.717, 1.165) is 6.07 Å². The van der Waals surface area contributed by atoms with Crippen molar-refractivity contribution < 1.29 is 42.3 Å². The molecule has 0 aliphatic carbocycles. The number of hydrogen-bond acceptors (Lipinski definition) is 8. The first-order valence-corrected chi connectivity index (χ1v) is 11.6. The first-order valence-electron chi connectivity index (χ1n) is 9.12. The van der Waals surface area contributed by atoms with Crippen molar-refractivity contribution >= 4 is 42.3 Å². The minimum Gasteiger partial charge on any atom is -0.469 e. The Morgan fingerprint density at radius 2 is 1.94 bits per heavy atom. The Bertz CT molecular complexity index is 939. The summed E-state index contributed by atoms with van der Waals surface area (Å²) in [6, 6.07) is 1.04. The summed E-state index contributed by atoms with van der Waals surface area (Å²) in [5.74, 6) is -4.82. The van der Waals surface area contributed by atoms with Gasteiger partial charge in [-0.3, -0.25) is 14.4 Å². The molecular formula is C19H21F3IN3O6. The summed E-state index contributed by atoms with van der Waals surface area (Å²) in [5, 5.41) is 11.2. The van der Waals surface area contributed by atoms with E-state index in [4.69, 9.17) is 14.8 Å². The maximum Gasteiger partial charge on any atom is 0.307 e. The highest BCUT2D eigenvalue weighted by molar-refractivity contribution is 14.2. The highest BCUT2D eigenvalue weighted by Crippen LogP contribution is 2.29. The van der Waals surface area contributed by atoms with Gasteiger partial charge < -0.3 is 20.0 Å². The second kappa shape index (κ2) is 13.3. The zero-order chi connectivity index (χ0) is 23.5. The Labute approximate surface area is 191 Å². The largest absolute Gasteiger partial charge is 0.469 e. The third-order valence-electron chi connectivity index (χ3n) is 3.86. The molecule has 0 bridgehead atoms. The number of carbonyl (C=O) groups is 2. The smallest absolute Gasteiger partial charge is 0.307 e. The molecule has 0 unspecified atom stereocenters. The van der Waals surface area contributed by atoms with Crippen molar-refractivity contribution in [3.05, 3.63) is 50.5 Å². The zero-order valence-electron chi connectivity index (χ0n) is 16.8. The number of aliphatic hydroxyl groups excluding tert-OH is 1. The molecule has 0 atom stereocenters. The van der Waals surface area contributed by atoms with Gasteiger partial charge in [0, 0.05) is 16.1 Å². The SMILES string of the molecule is COC(=O)CCONCc1cc(C(=O)NOCCO)c(NC2=C(F)C=IC=C2)c(F)c1F. The van der Waals surface area contributed by atoms with Crippen LogP contribution in [0.3, 0.4) is 0 Å². The van der Waals surface area contributed by atoms with Gasteiger partial charge in [0.25, 0.3) is 5.91 Å². The normalized spacial score (nSPS) is 13.0. The second-order valence-corrected chi connectivity index (χ2v) is 8.06. The van der Waals surface area contributed by atoms with E-state index in [2.05, 4.69) is 15.5 Å². The van der Waals surface area contributed by atoms with Crippen LogP contribution in [0.25, 0.3) is 0 Å². The lowest BCUT2D eigenvalue weighted by Crippen LogP contribution is -2.27. The summed E-state index contributed by atoms with van der Waals surface area (Å²) >= 11 is -0.616. The summed E-state index contributed by atoms with van der Waals surface area (Å²) in [4.78, 5) is 33.2. The van der Waals surface area contributed by atoms with Crippen molar-refractivity contribution in [1.29, 1.82) is 0 Å². The summed E-state index contributed by atoms with van der Waals surface area (Å²) < 4.78 is 51.1. The van der Waals surface area contributed by atoms with E-state index in [-0.39, 0.29) is 49.6 Å². The fraction of sp³-hybridized carbons (Fsp3) is 0.316. The molecule has 176 valence electrons. The molecule has 9 nitrogen and oxygen atoms in total. The van der Waals surface area contributed by atoms with Gasteiger partial charge in [-0.2, -0.15) is 5.48 Å². The molecule has 4 N–H and O–H groups in total. The average Bonchev–Trinajstić information content (AvgIpc) is 2.79. The van der Waals surface area contributed by atoms with Gasteiger partial charge in [-0.15, -0.1) is 0 Å². The van der Waals surface area contributed by atoms with Crippen LogP contribution in [-0.2, 0) is 25.8 Å². The number of esters is 1. The van der Waals surface area contributed by atoms with Crippen LogP contribution in [-0.4, -0.2) is 47.9 Å². The molecular weight excluding hydrogens is 550 g/mol. The number of halogens is 4. The third-order valence-corrected chi connectivity index (χ3v) is 5.54. The Hall–Kier alpha value is -2.33. The predicted molar refractivity (Wildman–Crippen MR) is 117 cm³/mol. The fourth-order valence-electron chi connectivity index (χ4n) is 2.33. The number of aliphatic hydroxyl groups is 1. The Balaban J connectivity index is 2.26. The molecule has 0 aromatic heterocycles. The van der Waals surface area contributed by atoms with Crippen molar-refractivity contribution in [2.75, 3.05) is 32.2 Å².